The maximum absolute atomic E-state index is 11.6. The van der Waals surface area contributed by atoms with Crippen LogP contribution in [0.5, 0.6) is 5.75 Å². The van der Waals surface area contributed by atoms with E-state index in [0.29, 0.717) is 10.9 Å². The number of carbonyl (C=O) groups is 1. The zero-order chi connectivity index (χ0) is 15.2. The zero-order valence-electron chi connectivity index (χ0n) is 11.6. The Hall–Kier alpha value is -1.34. The highest BCUT2D eigenvalue weighted by atomic mass is 79.9. The minimum Gasteiger partial charge on any atom is -0.484 e. The van der Waals surface area contributed by atoms with Gasteiger partial charge >= 0.3 is 0 Å². The molecule has 0 saturated carbocycles. The minimum atomic E-state index is -0.314. The number of thiocarbonyl (C=S) groups is 1. The molecule has 0 bridgehead atoms. The molecule has 0 aliphatic carbocycles. The van der Waals surface area contributed by atoms with Crippen molar-refractivity contribution in [1.82, 2.24) is 16.2 Å². The molecule has 0 aliphatic rings. The fourth-order valence-electron chi connectivity index (χ4n) is 1.21. The molecular weight excluding hydrogens is 342 g/mol. The van der Waals surface area contributed by atoms with E-state index in [9.17, 15) is 4.79 Å². The van der Waals surface area contributed by atoms with Crippen LogP contribution in [0.15, 0.2) is 28.7 Å². The molecule has 0 radical (unpaired) electrons. The van der Waals surface area contributed by atoms with Gasteiger partial charge in [0, 0.05) is 10.0 Å². The first-order valence-electron chi connectivity index (χ1n) is 6.01. The molecule has 5 nitrogen and oxygen atoms in total. The van der Waals surface area contributed by atoms with Gasteiger partial charge in [0.15, 0.2) is 11.7 Å². The van der Waals surface area contributed by atoms with Gasteiger partial charge in [0.2, 0.25) is 0 Å². The fourth-order valence-corrected chi connectivity index (χ4v) is 1.84. The number of nitrogens with one attached hydrogen (secondary N) is 3. The second kappa shape index (κ2) is 7.44. The number of amides is 1. The van der Waals surface area contributed by atoms with E-state index in [2.05, 4.69) is 32.1 Å². The van der Waals surface area contributed by atoms with Crippen molar-refractivity contribution < 1.29 is 9.53 Å². The summed E-state index contributed by atoms with van der Waals surface area (Å²) in [5.41, 5.74) is 4.91. The predicted molar refractivity (Wildman–Crippen MR) is 86.4 cm³/mol. The Morgan fingerprint density at radius 2 is 1.85 bits per heavy atom. The van der Waals surface area contributed by atoms with E-state index in [0.717, 1.165) is 4.47 Å². The van der Waals surface area contributed by atoms with Crippen LogP contribution in [-0.2, 0) is 4.79 Å². The number of carbonyl (C=O) groups excluding carboxylic acids is 1. The van der Waals surface area contributed by atoms with E-state index in [1.54, 1.807) is 12.1 Å². The van der Waals surface area contributed by atoms with E-state index < -0.39 is 0 Å². The Bertz CT molecular complexity index is 471. The molecule has 0 atom stereocenters. The van der Waals surface area contributed by atoms with Crippen molar-refractivity contribution in [1.29, 1.82) is 0 Å². The van der Waals surface area contributed by atoms with Gasteiger partial charge < -0.3 is 10.1 Å². The topological polar surface area (TPSA) is 62.4 Å². The van der Waals surface area contributed by atoms with E-state index in [-0.39, 0.29) is 18.1 Å². The van der Waals surface area contributed by atoms with Crippen LogP contribution in [0.4, 0.5) is 0 Å². The highest BCUT2D eigenvalue weighted by molar-refractivity contribution is 9.10. The van der Waals surface area contributed by atoms with Gasteiger partial charge in [-0.05, 0) is 57.3 Å². The molecule has 0 unspecified atom stereocenters. The summed E-state index contributed by atoms with van der Waals surface area (Å²) < 4.78 is 6.27. The van der Waals surface area contributed by atoms with Crippen LogP contribution in [0.2, 0.25) is 0 Å². The largest absolute Gasteiger partial charge is 0.484 e. The summed E-state index contributed by atoms with van der Waals surface area (Å²) in [7, 11) is 0. The van der Waals surface area contributed by atoms with Crippen LogP contribution >= 0.6 is 28.1 Å². The van der Waals surface area contributed by atoms with Gasteiger partial charge in [0.05, 0.1) is 0 Å². The van der Waals surface area contributed by atoms with Gasteiger partial charge in [-0.25, -0.2) is 0 Å². The summed E-state index contributed by atoms with van der Waals surface area (Å²) in [6, 6.07) is 7.23. The van der Waals surface area contributed by atoms with Gasteiger partial charge in [-0.2, -0.15) is 0 Å². The number of hydrogen-bond donors (Lipinski definition) is 3. The summed E-state index contributed by atoms with van der Waals surface area (Å²) in [6.07, 6.45) is 0. The Kier molecular flexibility index (Phi) is 6.22. The standard InChI is InChI=1S/C13H18BrN3O2S/c1-13(2,3)15-12(20)17-16-11(18)8-19-10-6-4-9(14)5-7-10/h4-7H,8H2,1-3H3,(H,16,18)(H2,15,17,20). The van der Waals surface area contributed by atoms with Crippen LogP contribution in [0.25, 0.3) is 0 Å². The van der Waals surface area contributed by atoms with Crippen LogP contribution in [0.3, 0.4) is 0 Å². The number of benzene rings is 1. The van der Waals surface area contributed by atoms with Crippen LogP contribution in [-0.4, -0.2) is 23.2 Å². The number of hydrazine groups is 1. The average molecular weight is 360 g/mol. The van der Waals surface area contributed by atoms with Gasteiger partial charge in [-0.15, -0.1) is 0 Å². The smallest absolute Gasteiger partial charge is 0.276 e. The maximum Gasteiger partial charge on any atom is 0.276 e. The quantitative estimate of drug-likeness (QED) is 0.569. The SMILES string of the molecule is CC(C)(C)NC(=S)NNC(=O)COc1ccc(Br)cc1. The molecule has 1 aromatic carbocycles. The van der Waals surface area contributed by atoms with Gasteiger partial charge in [-0.1, -0.05) is 15.9 Å². The first-order valence-corrected chi connectivity index (χ1v) is 7.22. The molecule has 0 aromatic heterocycles. The molecule has 0 fully saturated rings. The third kappa shape index (κ3) is 7.30. The maximum atomic E-state index is 11.6. The number of hydrogen-bond acceptors (Lipinski definition) is 3. The van der Waals surface area contributed by atoms with Crippen LogP contribution in [0, 0.1) is 0 Å². The molecular formula is C13H18BrN3O2S. The lowest BCUT2D eigenvalue weighted by molar-refractivity contribution is -0.123. The summed E-state index contributed by atoms with van der Waals surface area (Å²) >= 11 is 8.35. The number of rotatable bonds is 3. The molecule has 0 saturated heterocycles. The molecule has 110 valence electrons. The molecule has 20 heavy (non-hydrogen) atoms. The van der Waals surface area contributed by atoms with Crippen molar-refractivity contribution in [3.63, 3.8) is 0 Å². The van der Waals surface area contributed by atoms with Crippen molar-refractivity contribution >= 4 is 39.2 Å². The zero-order valence-corrected chi connectivity index (χ0v) is 14.0. The predicted octanol–water partition coefficient (Wildman–Crippen LogP) is 2.12. The number of ether oxygens (including phenoxy) is 1. The van der Waals surface area contributed by atoms with Gasteiger partial charge in [0.25, 0.3) is 5.91 Å². The summed E-state index contributed by atoms with van der Waals surface area (Å²) in [4.78, 5) is 11.6. The van der Waals surface area contributed by atoms with Crippen molar-refractivity contribution in [3.8, 4) is 5.75 Å². The van der Waals surface area contributed by atoms with Gasteiger partial charge in [-0.3, -0.25) is 15.6 Å². The van der Waals surface area contributed by atoms with E-state index in [1.165, 1.54) is 0 Å². The monoisotopic (exact) mass is 359 g/mol. The molecule has 1 aromatic rings. The third-order valence-corrected chi connectivity index (χ3v) is 2.72. The normalized spacial score (nSPS) is 10.6. The first kappa shape index (κ1) is 16.7. The van der Waals surface area contributed by atoms with Crippen molar-refractivity contribution in [3.05, 3.63) is 28.7 Å². The molecule has 0 spiro atoms. The van der Waals surface area contributed by atoms with Gasteiger partial charge in [0.1, 0.15) is 5.75 Å². The molecule has 3 N–H and O–H groups in total. The summed E-state index contributed by atoms with van der Waals surface area (Å²) in [5, 5.41) is 3.37. The molecule has 0 aliphatic heterocycles. The van der Waals surface area contributed by atoms with E-state index in [4.69, 9.17) is 17.0 Å². The van der Waals surface area contributed by atoms with E-state index >= 15 is 0 Å². The van der Waals surface area contributed by atoms with Crippen molar-refractivity contribution in [2.45, 2.75) is 26.3 Å². The summed E-state index contributed by atoms with van der Waals surface area (Å²) in [5.74, 6) is 0.310. The molecule has 1 amide bonds. The lowest BCUT2D eigenvalue weighted by Gasteiger charge is -2.23. The highest BCUT2D eigenvalue weighted by Crippen LogP contribution is 2.15. The Labute approximate surface area is 132 Å². The average Bonchev–Trinajstić information content (AvgIpc) is 2.33. The Balaban J connectivity index is 2.27. The lowest BCUT2D eigenvalue weighted by atomic mass is 10.1. The summed E-state index contributed by atoms with van der Waals surface area (Å²) in [6.45, 7) is 5.82. The van der Waals surface area contributed by atoms with Crippen molar-refractivity contribution in [2.24, 2.45) is 0 Å². The second-order valence-corrected chi connectivity index (χ2v) is 6.44. The second-order valence-electron chi connectivity index (χ2n) is 5.12. The Morgan fingerprint density at radius 1 is 1.25 bits per heavy atom. The van der Waals surface area contributed by atoms with E-state index in [1.807, 2.05) is 32.9 Å². The number of halogens is 1. The minimum absolute atomic E-state index is 0.0905. The van der Waals surface area contributed by atoms with Crippen LogP contribution < -0.4 is 20.9 Å². The Morgan fingerprint density at radius 3 is 2.40 bits per heavy atom. The molecule has 1 rings (SSSR count). The lowest BCUT2D eigenvalue weighted by Crippen LogP contribution is -2.52. The van der Waals surface area contributed by atoms with Crippen molar-refractivity contribution in [2.75, 3.05) is 6.61 Å². The molecule has 0 heterocycles. The van der Waals surface area contributed by atoms with Crippen LogP contribution in [0.1, 0.15) is 20.8 Å². The first-order chi connectivity index (χ1) is 9.26. The third-order valence-electron chi connectivity index (χ3n) is 1.99. The fraction of sp³-hybridized carbons (Fsp3) is 0.385. The molecule has 7 heteroatoms. The highest BCUT2D eigenvalue weighted by Gasteiger charge is 2.11.